The van der Waals surface area contributed by atoms with Gasteiger partial charge in [0.25, 0.3) is 0 Å². The van der Waals surface area contributed by atoms with E-state index in [1.54, 1.807) is 0 Å². The van der Waals surface area contributed by atoms with Crippen LogP contribution in [0.15, 0.2) is 24.3 Å². The van der Waals surface area contributed by atoms with Gasteiger partial charge in [-0.05, 0) is 56.9 Å². The number of likely N-dealkylation sites (tertiary alicyclic amines) is 1. The molecule has 1 heterocycles. The van der Waals surface area contributed by atoms with Gasteiger partial charge >= 0.3 is 0 Å². The fourth-order valence-electron chi connectivity index (χ4n) is 2.52. The van der Waals surface area contributed by atoms with Crippen LogP contribution in [0.5, 0.6) is 0 Å². The van der Waals surface area contributed by atoms with Crippen molar-refractivity contribution in [2.24, 2.45) is 5.92 Å². The third-order valence-corrected chi connectivity index (χ3v) is 3.72. The molecule has 0 radical (unpaired) electrons. The van der Waals surface area contributed by atoms with Crippen LogP contribution >= 0.6 is 0 Å². The zero-order valence-corrected chi connectivity index (χ0v) is 10.2. The summed E-state index contributed by atoms with van der Waals surface area (Å²) in [7, 11) is 2.15. The first-order valence-corrected chi connectivity index (χ1v) is 6.10. The first-order valence-electron chi connectivity index (χ1n) is 6.10. The van der Waals surface area contributed by atoms with Crippen LogP contribution in [-0.2, 0) is 0 Å². The monoisotopic (exact) mass is 219 g/mol. The molecule has 0 aliphatic carbocycles. The average molecular weight is 219 g/mol. The standard InChI is InChI=1S/C14H21NO/c1-11-5-3-4-6-13(11)14(16)12-7-9-15(2)10-8-12/h3-6,12,14,16H,7-10H2,1-2H3. The summed E-state index contributed by atoms with van der Waals surface area (Å²) in [5.41, 5.74) is 2.31. The number of hydrogen-bond donors (Lipinski definition) is 1. The van der Waals surface area contributed by atoms with E-state index in [-0.39, 0.29) is 6.10 Å². The van der Waals surface area contributed by atoms with Gasteiger partial charge < -0.3 is 10.0 Å². The molecule has 88 valence electrons. The third-order valence-electron chi connectivity index (χ3n) is 3.72. The lowest BCUT2D eigenvalue weighted by Crippen LogP contribution is -2.32. The smallest absolute Gasteiger partial charge is 0.0821 e. The van der Waals surface area contributed by atoms with Crippen LogP contribution in [0.3, 0.4) is 0 Å². The molecule has 1 unspecified atom stereocenters. The Morgan fingerprint density at radius 3 is 2.50 bits per heavy atom. The van der Waals surface area contributed by atoms with Crippen molar-refractivity contribution in [3.8, 4) is 0 Å². The molecule has 1 saturated heterocycles. The van der Waals surface area contributed by atoms with Gasteiger partial charge in [-0.2, -0.15) is 0 Å². The summed E-state index contributed by atoms with van der Waals surface area (Å²) < 4.78 is 0. The zero-order valence-electron chi connectivity index (χ0n) is 10.2. The normalized spacial score (nSPS) is 20.9. The minimum absolute atomic E-state index is 0.283. The summed E-state index contributed by atoms with van der Waals surface area (Å²) in [6, 6.07) is 8.17. The number of hydrogen-bond acceptors (Lipinski definition) is 2. The third kappa shape index (κ3) is 2.45. The van der Waals surface area contributed by atoms with Gasteiger partial charge in [0.05, 0.1) is 6.10 Å². The maximum Gasteiger partial charge on any atom is 0.0821 e. The zero-order chi connectivity index (χ0) is 11.5. The van der Waals surface area contributed by atoms with Crippen LogP contribution in [0.25, 0.3) is 0 Å². The second-order valence-electron chi connectivity index (χ2n) is 4.94. The Morgan fingerprint density at radius 1 is 1.25 bits per heavy atom. The molecule has 1 N–H and O–H groups in total. The first-order chi connectivity index (χ1) is 7.68. The summed E-state index contributed by atoms with van der Waals surface area (Å²) in [6.45, 7) is 4.29. The fourth-order valence-corrected chi connectivity index (χ4v) is 2.52. The summed E-state index contributed by atoms with van der Waals surface area (Å²) in [6.07, 6.45) is 1.92. The molecular formula is C14H21NO. The Balaban J connectivity index is 2.07. The second kappa shape index (κ2) is 4.98. The van der Waals surface area contributed by atoms with Gasteiger partial charge in [0.2, 0.25) is 0 Å². The van der Waals surface area contributed by atoms with Crippen LogP contribution in [0.2, 0.25) is 0 Å². The molecule has 0 spiro atoms. The van der Waals surface area contributed by atoms with Gasteiger partial charge in [-0.25, -0.2) is 0 Å². The molecule has 2 heteroatoms. The number of aliphatic hydroxyl groups excluding tert-OH is 1. The summed E-state index contributed by atoms with van der Waals surface area (Å²) in [4.78, 5) is 2.33. The molecule has 0 saturated carbocycles. The van der Waals surface area contributed by atoms with Gasteiger partial charge in [-0.15, -0.1) is 0 Å². The molecule has 2 nitrogen and oxygen atoms in total. The van der Waals surface area contributed by atoms with Crippen LogP contribution in [-0.4, -0.2) is 30.1 Å². The van der Waals surface area contributed by atoms with Crippen molar-refractivity contribution in [3.63, 3.8) is 0 Å². The summed E-state index contributed by atoms with van der Waals surface area (Å²) in [5, 5.41) is 10.4. The molecule has 1 aromatic carbocycles. The SMILES string of the molecule is Cc1ccccc1C(O)C1CCN(C)CC1. The molecule has 2 rings (SSSR count). The predicted molar refractivity (Wildman–Crippen MR) is 66.4 cm³/mol. The molecule has 0 bridgehead atoms. The van der Waals surface area contributed by atoms with Crippen molar-refractivity contribution >= 4 is 0 Å². The van der Waals surface area contributed by atoms with Crippen LogP contribution in [0.4, 0.5) is 0 Å². The van der Waals surface area contributed by atoms with Gasteiger partial charge in [0, 0.05) is 0 Å². The molecular weight excluding hydrogens is 198 g/mol. The Bertz CT molecular complexity index is 342. The van der Waals surface area contributed by atoms with Crippen LogP contribution in [0, 0.1) is 12.8 Å². The Hall–Kier alpha value is -0.860. The Kier molecular flexibility index (Phi) is 3.62. The van der Waals surface area contributed by atoms with E-state index < -0.39 is 0 Å². The highest BCUT2D eigenvalue weighted by Crippen LogP contribution is 2.31. The summed E-state index contributed by atoms with van der Waals surface area (Å²) in [5.74, 6) is 0.428. The lowest BCUT2D eigenvalue weighted by atomic mass is 9.86. The maximum atomic E-state index is 10.4. The Morgan fingerprint density at radius 2 is 1.88 bits per heavy atom. The molecule has 1 aliphatic heterocycles. The van der Waals surface area contributed by atoms with Crippen LogP contribution < -0.4 is 0 Å². The minimum Gasteiger partial charge on any atom is -0.388 e. The average Bonchev–Trinajstić information content (AvgIpc) is 2.30. The van der Waals surface area contributed by atoms with E-state index >= 15 is 0 Å². The largest absolute Gasteiger partial charge is 0.388 e. The number of nitrogens with zero attached hydrogens (tertiary/aromatic N) is 1. The second-order valence-corrected chi connectivity index (χ2v) is 4.94. The highest BCUT2D eigenvalue weighted by atomic mass is 16.3. The topological polar surface area (TPSA) is 23.5 Å². The van der Waals surface area contributed by atoms with Crippen LogP contribution in [0.1, 0.15) is 30.1 Å². The molecule has 1 aromatic rings. The predicted octanol–water partition coefficient (Wildman–Crippen LogP) is 2.37. The van der Waals surface area contributed by atoms with Crippen molar-refractivity contribution in [3.05, 3.63) is 35.4 Å². The van der Waals surface area contributed by atoms with Gasteiger partial charge in [-0.3, -0.25) is 0 Å². The van der Waals surface area contributed by atoms with Crippen molar-refractivity contribution in [1.82, 2.24) is 4.90 Å². The number of aliphatic hydroxyl groups is 1. The Labute approximate surface area is 97.9 Å². The van der Waals surface area contributed by atoms with Crippen molar-refractivity contribution < 1.29 is 5.11 Å². The minimum atomic E-state index is -0.283. The molecule has 0 amide bonds. The molecule has 1 aliphatic rings. The fraction of sp³-hybridized carbons (Fsp3) is 0.571. The van der Waals surface area contributed by atoms with E-state index in [2.05, 4.69) is 31.0 Å². The van der Waals surface area contributed by atoms with Gasteiger partial charge in [0.1, 0.15) is 0 Å². The highest BCUT2D eigenvalue weighted by Gasteiger charge is 2.25. The van der Waals surface area contributed by atoms with Crippen molar-refractivity contribution in [1.29, 1.82) is 0 Å². The van der Waals surface area contributed by atoms with E-state index in [4.69, 9.17) is 0 Å². The number of aryl methyl sites for hydroxylation is 1. The van der Waals surface area contributed by atoms with Crippen molar-refractivity contribution in [2.75, 3.05) is 20.1 Å². The maximum absolute atomic E-state index is 10.4. The lowest BCUT2D eigenvalue weighted by Gasteiger charge is -2.32. The van der Waals surface area contributed by atoms with E-state index in [0.29, 0.717) is 5.92 Å². The summed E-state index contributed by atoms with van der Waals surface area (Å²) >= 11 is 0. The highest BCUT2D eigenvalue weighted by molar-refractivity contribution is 5.28. The van der Waals surface area contributed by atoms with E-state index in [1.165, 1.54) is 5.56 Å². The molecule has 1 atom stereocenters. The van der Waals surface area contributed by atoms with Crippen molar-refractivity contribution in [2.45, 2.75) is 25.9 Å². The molecule has 1 fully saturated rings. The van der Waals surface area contributed by atoms with E-state index in [9.17, 15) is 5.11 Å². The van der Waals surface area contributed by atoms with E-state index in [1.807, 2.05) is 12.1 Å². The lowest BCUT2D eigenvalue weighted by molar-refractivity contribution is 0.0653. The number of rotatable bonds is 2. The number of benzene rings is 1. The number of piperidine rings is 1. The van der Waals surface area contributed by atoms with Gasteiger partial charge in [0.15, 0.2) is 0 Å². The van der Waals surface area contributed by atoms with E-state index in [0.717, 1.165) is 31.5 Å². The quantitative estimate of drug-likeness (QED) is 0.825. The molecule has 16 heavy (non-hydrogen) atoms. The first kappa shape index (κ1) is 11.6. The van der Waals surface area contributed by atoms with Gasteiger partial charge in [-0.1, -0.05) is 24.3 Å². The molecule has 0 aromatic heterocycles.